The van der Waals surface area contributed by atoms with Gasteiger partial charge in [-0.3, -0.25) is 0 Å². The van der Waals surface area contributed by atoms with Gasteiger partial charge in [-0.15, -0.1) is 0 Å². The molecule has 1 fully saturated rings. The molecule has 0 amide bonds. The zero-order chi connectivity index (χ0) is 22.6. The van der Waals surface area contributed by atoms with Crippen LogP contribution in [0.1, 0.15) is 48.4 Å². The Balaban J connectivity index is 1.37. The average molecular weight is 455 g/mol. The third kappa shape index (κ3) is 4.92. The molecule has 0 unspecified atom stereocenters. The molecular weight excluding hydrogens is 428 g/mol. The Morgan fingerprint density at radius 1 is 1.06 bits per heavy atom. The van der Waals surface area contributed by atoms with Crippen molar-refractivity contribution in [2.24, 2.45) is 0 Å². The van der Waals surface area contributed by atoms with Gasteiger partial charge in [0.25, 0.3) is 0 Å². The molecule has 7 nitrogen and oxygen atoms in total. The number of esters is 1. The summed E-state index contributed by atoms with van der Waals surface area (Å²) in [5, 5.41) is 0. The number of benzene rings is 2. The molecule has 1 saturated carbocycles. The van der Waals surface area contributed by atoms with Crippen LogP contribution in [0.2, 0.25) is 0 Å². The minimum absolute atomic E-state index is 0.0277. The summed E-state index contributed by atoms with van der Waals surface area (Å²) >= 11 is 0. The second kappa shape index (κ2) is 9.67. The lowest BCUT2D eigenvalue weighted by atomic mass is 9.96. The number of ether oxygens (including phenoxy) is 1. The van der Waals surface area contributed by atoms with Gasteiger partial charge in [0, 0.05) is 18.7 Å². The van der Waals surface area contributed by atoms with Gasteiger partial charge < -0.3 is 9.15 Å². The van der Waals surface area contributed by atoms with Crippen LogP contribution in [-0.2, 0) is 21.4 Å². The molecule has 8 heteroatoms. The molecule has 1 aromatic heterocycles. The second-order valence-electron chi connectivity index (χ2n) is 7.90. The molecule has 0 aliphatic heterocycles. The van der Waals surface area contributed by atoms with Crippen molar-refractivity contribution in [3.63, 3.8) is 0 Å². The Labute approximate surface area is 188 Å². The van der Waals surface area contributed by atoms with Crippen molar-refractivity contribution in [3.8, 4) is 11.3 Å². The van der Waals surface area contributed by atoms with E-state index in [9.17, 15) is 13.2 Å². The van der Waals surface area contributed by atoms with Crippen LogP contribution in [-0.4, -0.2) is 36.8 Å². The van der Waals surface area contributed by atoms with Gasteiger partial charge in [-0.25, -0.2) is 18.2 Å². The molecular formula is C24H26N2O5S. The highest BCUT2D eigenvalue weighted by Crippen LogP contribution is 2.26. The van der Waals surface area contributed by atoms with E-state index in [4.69, 9.17) is 9.15 Å². The highest BCUT2D eigenvalue weighted by atomic mass is 32.2. The van der Waals surface area contributed by atoms with Crippen LogP contribution in [0.4, 0.5) is 0 Å². The number of carbonyl (C=O) groups is 1. The van der Waals surface area contributed by atoms with E-state index >= 15 is 0 Å². The van der Waals surface area contributed by atoms with Gasteiger partial charge in [0.2, 0.25) is 15.9 Å². The Morgan fingerprint density at radius 3 is 2.44 bits per heavy atom. The number of rotatable bonds is 7. The summed E-state index contributed by atoms with van der Waals surface area (Å²) < 4.78 is 38.2. The van der Waals surface area contributed by atoms with Gasteiger partial charge in [-0.2, -0.15) is 4.31 Å². The van der Waals surface area contributed by atoms with Crippen molar-refractivity contribution < 1.29 is 22.4 Å². The van der Waals surface area contributed by atoms with E-state index in [1.165, 1.54) is 28.6 Å². The topological polar surface area (TPSA) is 89.7 Å². The lowest BCUT2D eigenvalue weighted by Gasteiger charge is -2.30. The van der Waals surface area contributed by atoms with Crippen LogP contribution in [0.25, 0.3) is 11.3 Å². The first kappa shape index (κ1) is 22.2. The van der Waals surface area contributed by atoms with E-state index < -0.39 is 16.0 Å². The fraction of sp³-hybridized carbons (Fsp3) is 0.333. The summed E-state index contributed by atoms with van der Waals surface area (Å²) in [6.45, 7) is -0.115. The number of aromatic nitrogens is 1. The molecule has 4 rings (SSSR count). The zero-order valence-electron chi connectivity index (χ0n) is 17.9. The van der Waals surface area contributed by atoms with E-state index in [1.54, 1.807) is 13.2 Å². The Bertz CT molecular complexity index is 1150. The first-order chi connectivity index (χ1) is 15.4. The van der Waals surface area contributed by atoms with E-state index in [2.05, 4.69) is 4.98 Å². The maximum atomic E-state index is 12.9. The minimum Gasteiger partial charge on any atom is -0.452 e. The van der Waals surface area contributed by atoms with Crippen molar-refractivity contribution in [2.45, 2.75) is 49.6 Å². The summed E-state index contributed by atoms with van der Waals surface area (Å²) in [4.78, 5) is 16.7. The summed E-state index contributed by atoms with van der Waals surface area (Å²) in [7, 11) is -1.97. The molecule has 1 aliphatic carbocycles. The standard InChI is InChI=1S/C24H26N2O5S/c1-26(20-10-6-3-7-11-20)32(28,29)21-14-12-19(13-15-21)24(27)30-17-23-25-16-22(31-23)18-8-4-2-5-9-18/h2,4-5,8-9,12-16,20H,3,6-7,10-11,17H2,1H3. The van der Waals surface area contributed by atoms with E-state index in [1.807, 2.05) is 30.3 Å². The van der Waals surface area contributed by atoms with E-state index in [0.29, 0.717) is 5.76 Å². The molecule has 0 radical (unpaired) electrons. The molecule has 0 N–H and O–H groups in total. The first-order valence-corrected chi connectivity index (χ1v) is 12.1. The van der Waals surface area contributed by atoms with Crippen LogP contribution in [0.3, 0.4) is 0 Å². The molecule has 0 bridgehead atoms. The van der Waals surface area contributed by atoms with Gasteiger partial charge in [-0.1, -0.05) is 49.6 Å². The van der Waals surface area contributed by atoms with Gasteiger partial charge in [0.1, 0.15) is 0 Å². The second-order valence-corrected chi connectivity index (χ2v) is 9.90. The number of hydrogen-bond donors (Lipinski definition) is 0. The van der Waals surface area contributed by atoms with E-state index in [0.717, 1.165) is 37.7 Å². The normalized spacial score (nSPS) is 15.1. The lowest BCUT2D eigenvalue weighted by Crippen LogP contribution is -2.38. The predicted octanol–water partition coefficient (Wildman–Crippen LogP) is 4.65. The lowest BCUT2D eigenvalue weighted by molar-refractivity contribution is 0.0439. The van der Waals surface area contributed by atoms with Gasteiger partial charge in [-0.05, 0) is 37.1 Å². The van der Waals surface area contributed by atoms with Crippen molar-refractivity contribution in [1.82, 2.24) is 9.29 Å². The van der Waals surface area contributed by atoms with Crippen molar-refractivity contribution >= 4 is 16.0 Å². The largest absolute Gasteiger partial charge is 0.452 e. The number of hydrogen-bond acceptors (Lipinski definition) is 6. The molecule has 0 saturated heterocycles. The van der Waals surface area contributed by atoms with Gasteiger partial charge >= 0.3 is 5.97 Å². The van der Waals surface area contributed by atoms with Crippen molar-refractivity contribution in [1.29, 1.82) is 0 Å². The Morgan fingerprint density at radius 2 is 1.75 bits per heavy atom. The monoisotopic (exact) mass is 454 g/mol. The zero-order valence-corrected chi connectivity index (χ0v) is 18.8. The minimum atomic E-state index is -3.60. The fourth-order valence-electron chi connectivity index (χ4n) is 3.89. The third-order valence-electron chi connectivity index (χ3n) is 5.79. The molecule has 1 heterocycles. The van der Waals surface area contributed by atoms with Crippen LogP contribution in [0, 0.1) is 0 Å². The number of nitrogens with zero attached hydrogens (tertiary/aromatic N) is 2. The third-order valence-corrected chi connectivity index (χ3v) is 7.72. The quantitative estimate of drug-likeness (QED) is 0.483. The number of oxazole rings is 1. The Hall–Kier alpha value is -2.97. The number of carbonyl (C=O) groups excluding carboxylic acids is 1. The summed E-state index contributed by atoms with van der Waals surface area (Å²) in [5.74, 6) is 0.299. The van der Waals surface area contributed by atoms with Crippen molar-refractivity contribution in [2.75, 3.05) is 7.05 Å². The average Bonchev–Trinajstić information content (AvgIpc) is 3.32. The van der Waals surface area contributed by atoms with Crippen LogP contribution in [0.5, 0.6) is 0 Å². The molecule has 0 atom stereocenters. The Kier molecular flexibility index (Phi) is 6.72. The first-order valence-electron chi connectivity index (χ1n) is 10.7. The molecule has 0 spiro atoms. The molecule has 32 heavy (non-hydrogen) atoms. The fourth-order valence-corrected chi connectivity index (χ4v) is 5.31. The summed E-state index contributed by atoms with van der Waals surface area (Å²) in [5.41, 5.74) is 1.15. The molecule has 2 aromatic carbocycles. The van der Waals surface area contributed by atoms with Crippen LogP contribution >= 0.6 is 0 Å². The molecule has 1 aliphatic rings. The maximum Gasteiger partial charge on any atom is 0.338 e. The predicted molar refractivity (Wildman–Crippen MR) is 119 cm³/mol. The maximum absolute atomic E-state index is 12.9. The van der Waals surface area contributed by atoms with Crippen LogP contribution < -0.4 is 0 Å². The van der Waals surface area contributed by atoms with Gasteiger partial charge in [0.15, 0.2) is 12.4 Å². The molecule has 168 valence electrons. The molecule has 3 aromatic rings. The highest BCUT2D eigenvalue weighted by Gasteiger charge is 2.29. The van der Waals surface area contributed by atoms with Gasteiger partial charge in [0.05, 0.1) is 16.7 Å². The highest BCUT2D eigenvalue weighted by molar-refractivity contribution is 7.89. The van der Waals surface area contributed by atoms with E-state index in [-0.39, 0.29) is 29.0 Å². The number of sulfonamides is 1. The van der Waals surface area contributed by atoms with Crippen LogP contribution in [0.15, 0.2) is 70.1 Å². The summed E-state index contributed by atoms with van der Waals surface area (Å²) in [6.07, 6.45) is 6.60. The smallest absolute Gasteiger partial charge is 0.338 e. The SMILES string of the molecule is CN(C1CCCCC1)S(=O)(=O)c1ccc(C(=O)OCc2ncc(-c3ccccc3)o2)cc1. The summed E-state index contributed by atoms with van der Waals surface area (Å²) in [6, 6.07) is 15.4. The van der Waals surface area contributed by atoms with Crippen molar-refractivity contribution in [3.05, 3.63) is 72.2 Å².